The fourth-order valence-corrected chi connectivity index (χ4v) is 2.57. The fraction of sp³-hybridized carbons (Fsp3) is 0.500. The number of guanidine groups is 1. The van der Waals surface area contributed by atoms with Crippen LogP contribution in [0.15, 0.2) is 27.8 Å². The van der Waals surface area contributed by atoms with Crippen molar-refractivity contribution in [3.63, 3.8) is 0 Å². The first-order valence-electron chi connectivity index (χ1n) is 8.51. The van der Waals surface area contributed by atoms with Gasteiger partial charge in [0.1, 0.15) is 5.82 Å². The molecule has 9 nitrogen and oxygen atoms in total. The number of hydrogen-bond donors (Lipinski definition) is 4. The van der Waals surface area contributed by atoms with Crippen LogP contribution in [-0.4, -0.2) is 52.7 Å². The molecule has 1 atom stereocenters. The lowest BCUT2D eigenvalue weighted by molar-refractivity contribution is -0.122. The van der Waals surface area contributed by atoms with Crippen molar-refractivity contribution in [3.8, 4) is 11.6 Å². The standard InChI is InChI=1S/C16H23N7O2/c1-2-17-16(20-11-5-6-14(24)19-10-11)18-8-7-13-21-15(23-22-13)12-4-3-9-25-12/h3-4,9,11H,2,5-8,10H2,1H3,(H,19,24)(H2,17,18,20)(H,21,22,23). The molecule has 0 bridgehead atoms. The Hall–Kier alpha value is -2.84. The van der Waals surface area contributed by atoms with E-state index < -0.39 is 0 Å². The molecule has 1 saturated heterocycles. The third-order valence-corrected chi connectivity index (χ3v) is 3.84. The van der Waals surface area contributed by atoms with Crippen molar-refractivity contribution in [2.24, 2.45) is 4.99 Å². The van der Waals surface area contributed by atoms with Crippen LogP contribution in [0, 0.1) is 0 Å². The topological polar surface area (TPSA) is 120 Å². The molecule has 4 N–H and O–H groups in total. The Balaban J connectivity index is 1.52. The number of carbonyl (C=O) groups is 1. The highest BCUT2D eigenvalue weighted by molar-refractivity contribution is 5.81. The van der Waals surface area contributed by atoms with Gasteiger partial charge in [0.25, 0.3) is 0 Å². The van der Waals surface area contributed by atoms with Gasteiger partial charge in [-0.3, -0.25) is 14.9 Å². The lowest BCUT2D eigenvalue weighted by Crippen LogP contribution is -2.51. The van der Waals surface area contributed by atoms with Crippen molar-refractivity contribution in [3.05, 3.63) is 24.2 Å². The predicted octanol–water partition coefficient (Wildman–Crippen LogP) is 0.441. The molecule has 2 aromatic heterocycles. The molecule has 0 spiro atoms. The lowest BCUT2D eigenvalue weighted by Gasteiger charge is -2.25. The molecule has 0 saturated carbocycles. The zero-order valence-electron chi connectivity index (χ0n) is 14.2. The van der Waals surface area contributed by atoms with Crippen LogP contribution >= 0.6 is 0 Å². The Bertz CT molecular complexity index is 698. The quantitative estimate of drug-likeness (QED) is 0.445. The smallest absolute Gasteiger partial charge is 0.220 e. The molecule has 0 aromatic carbocycles. The first-order chi connectivity index (χ1) is 12.2. The third-order valence-electron chi connectivity index (χ3n) is 3.84. The van der Waals surface area contributed by atoms with E-state index in [-0.39, 0.29) is 11.9 Å². The highest BCUT2D eigenvalue weighted by atomic mass is 16.3. The Kier molecular flexibility index (Phi) is 5.65. The van der Waals surface area contributed by atoms with E-state index in [2.05, 4.69) is 36.1 Å². The molecule has 1 amide bonds. The van der Waals surface area contributed by atoms with E-state index in [4.69, 9.17) is 4.42 Å². The molecule has 0 aliphatic carbocycles. The first kappa shape index (κ1) is 17.0. The summed E-state index contributed by atoms with van der Waals surface area (Å²) in [5, 5.41) is 16.5. The minimum Gasteiger partial charge on any atom is -0.461 e. The van der Waals surface area contributed by atoms with Crippen molar-refractivity contribution < 1.29 is 9.21 Å². The van der Waals surface area contributed by atoms with Gasteiger partial charge in [0.2, 0.25) is 11.7 Å². The van der Waals surface area contributed by atoms with Crippen LogP contribution in [0.4, 0.5) is 0 Å². The number of H-pyrrole nitrogens is 1. The zero-order valence-corrected chi connectivity index (χ0v) is 14.2. The molecule has 1 aliphatic heterocycles. The van der Waals surface area contributed by atoms with Crippen LogP contribution in [0.2, 0.25) is 0 Å². The van der Waals surface area contributed by atoms with Gasteiger partial charge in [-0.05, 0) is 25.5 Å². The Morgan fingerprint density at radius 2 is 2.44 bits per heavy atom. The maximum atomic E-state index is 11.2. The van der Waals surface area contributed by atoms with Gasteiger partial charge in [0.05, 0.1) is 6.26 Å². The van der Waals surface area contributed by atoms with Gasteiger partial charge in [-0.1, -0.05) is 0 Å². The molecule has 25 heavy (non-hydrogen) atoms. The Labute approximate surface area is 145 Å². The van der Waals surface area contributed by atoms with Crippen LogP contribution in [0.3, 0.4) is 0 Å². The normalized spacial score (nSPS) is 18.0. The molecule has 0 radical (unpaired) electrons. The second kappa shape index (κ2) is 8.32. The summed E-state index contributed by atoms with van der Waals surface area (Å²) in [6, 6.07) is 3.82. The van der Waals surface area contributed by atoms with Gasteiger partial charge in [0.15, 0.2) is 11.7 Å². The van der Waals surface area contributed by atoms with Gasteiger partial charge in [-0.15, -0.1) is 0 Å². The average molecular weight is 345 g/mol. The highest BCUT2D eigenvalue weighted by Gasteiger charge is 2.18. The van der Waals surface area contributed by atoms with Crippen molar-refractivity contribution in [2.45, 2.75) is 32.2 Å². The maximum Gasteiger partial charge on any atom is 0.220 e. The number of amides is 1. The van der Waals surface area contributed by atoms with E-state index in [1.807, 2.05) is 13.0 Å². The summed E-state index contributed by atoms with van der Waals surface area (Å²) >= 11 is 0. The molecular weight excluding hydrogens is 322 g/mol. The second-order valence-corrected chi connectivity index (χ2v) is 5.78. The van der Waals surface area contributed by atoms with Crippen LogP contribution in [-0.2, 0) is 11.2 Å². The minimum absolute atomic E-state index is 0.109. The highest BCUT2D eigenvalue weighted by Crippen LogP contribution is 2.14. The fourth-order valence-electron chi connectivity index (χ4n) is 2.57. The van der Waals surface area contributed by atoms with Crippen LogP contribution in [0.25, 0.3) is 11.6 Å². The molecule has 3 rings (SSSR count). The first-order valence-corrected chi connectivity index (χ1v) is 8.51. The van der Waals surface area contributed by atoms with E-state index in [1.165, 1.54) is 0 Å². The van der Waals surface area contributed by atoms with Gasteiger partial charge in [-0.25, -0.2) is 4.98 Å². The summed E-state index contributed by atoms with van der Waals surface area (Å²) in [7, 11) is 0. The maximum absolute atomic E-state index is 11.2. The van der Waals surface area contributed by atoms with Gasteiger partial charge in [-0.2, -0.15) is 5.10 Å². The summed E-state index contributed by atoms with van der Waals surface area (Å²) in [5.41, 5.74) is 0. The summed E-state index contributed by atoms with van der Waals surface area (Å²) in [6.45, 7) is 3.99. The predicted molar refractivity (Wildman–Crippen MR) is 92.9 cm³/mol. The number of aromatic amines is 1. The molecule has 2 aromatic rings. The number of furan rings is 1. The molecule has 134 valence electrons. The van der Waals surface area contributed by atoms with E-state index >= 15 is 0 Å². The average Bonchev–Trinajstić information content (AvgIpc) is 3.28. The summed E-state index contributed by atoms with van der Waals surface area (Å²) < 4.78 is 5.28. The summed E-state index contributed by atoms with van der Waals surface area (Å²) in [5.74, 6) is 2.80. The number of rotatable bonds is 6. The molecule has 3 heterocycles. The summed E-state index contributed by atoms with van der Waals surface area (Å²) in [4.78, 5) is 20.2. The van der Waals surface area contributed by atoms with Gasteiger partial charge >= 0.3 is 0 Å². The summed E-state index contributed by atoms with van der Waals surface area (Å²) in [6.07, 6.45) is 3.60. The van der Waals surface area contributed by atoms with E-state index in [9.17, 15) is 4.79 Å². The monoisotopic (exact) mass is 345 g/mol. The number of hydrogen-bond acceptors (Lipinski definition) is 5. The number of aromatic nitrogens is 3. The van der Waals surface area contributed by atoms with Crippen molar-refractivity contribution >= 4 is 11.9 Å². The molecule has 1 unspecified atom stereocenters. The van der Waals surface area contributed by atoms with Crippen LogP contribution in [0.1, 0.15) is 25.6 Å². The van der Waals surface area contributed by atoms with E-state index in [0.717, 1.165) is 24.7 Å². The van der Waals surface area contributed by atoms with E-state index in [0.29, 0.717) is 37.5 Å². The zero-order chi connectivity index (χ0) is 17.5. The van der Waals surface area contributed by atoms with Crippen LogP contribution in [0.5, 0.6) is 0 Å². The number of carbonyl (C=O) groups excluding carboxylic acids is 1. The largest absolute Gasteiger partial charge is 0.461 e. The molecular formula is C16H23N7O2. The number of nitrogens with zero attached hydrogens (tertiary/aromatic N) is 3. The Morgan fingerprint density at radius 3 is 3.16 bits per heavy atom. The number of aliphatic imine (C=N–C) groups is 1. The van der Waals surface area contributed by atoms with Crippen molar-refractivity contribution in [1.82, 2.24) is 31.1 Å². The SMILES string of the molecule is CCNC(=NCCc1nc(-c2ccco2)n[nH]1)NC1CCC(=O)NC1. The Morgan fingerprint density at radius 1 is 1.52 bits per heavy atom. The second-order valence-electron chi connectivity index (χ2n) is 5.78. The molecule has 1 aliphatic rings. The van der Waals surface area contributed by atoms with Crippen LogP contribution < -0.4 is 16.0 Å². The van der Waals surface area contributed by atoms with Gasteiger partial charge < -0.3 is 20.4 Å². The molecule has 9 heteroatoms. The third kappa shape index (κ3) is 4.82. The van der Waals surface area contributed by atoms with Gasteiger partial charge in [0, 0.05) is 38.5 Å². The number of piperidine rings is 1. The minimum atomic E-state index is 0.109. The number of nitrogens with one attached hydrogen (secondary N) is 4. The van der Waals surface area contributed by atoms with Crippen molar-refractivity contribution in [2.75, 3.05) is 19.6 Å². The lowest BCUT2D eigenvalue weighted by atomic mass is 10.1. The molecule has 1 fully saturated rings. The van der Waals surface area contributed by atoms with Crippen molar-refractivity contribution in [1.29, 1.82) is 0 Å². The van der Waals surface area contributed by atoms with E-state index in [1.54, 1.807) is 12.3 Å².